The minimum absolute atomic E-state index is 0.156. The van der Waals surface area contributed by atoms with Crippen molar-refractivity contribution in [1.29, 1.82) is 0 Å². The fraction of sp³-hybridized carbons (Fsp3) is 0.136. The molecule has 0 saturated heterocycles. The molecule has 29 heavy (non-hydrogen) atoms. The van der Waals surface area contributed by atoms with Crippen LogP contribution in [0.15, 0.2) is 72.9 Å². The van der Waals surface area contributed by atoms with Gasteiger partial charge < -0.3 is 20.1 Å². The first-order chi connectivity index (χ1) is 14.1. The molecule has 0 spiro atoms. The third-order valence-electron chi connectivity index (χ3n) is 4.01. The Morgan fingerprint density at radius 1 is 0.966 bits per heavy atom. The van der Waals surface area contributed by atoms with Crippen LogP contribution in [0.4, 0.5) is 5.69 Å². The van der Waals surface area contributed by atoms with Crippen molar-refractivity contribution >= 4 is 17.5 Å². The number of hydrogen-bond acceptors (Lipinski definition) is 5. The smallest absolute Gasteiger partial charge is 0.251 e. The highest BCUT2D eigenvalue weighted by atomic mass is 16.5. The van der Waals surface area contributed by atoms with Crippen LogP contribution in [0.5, 0.6) is 11.6 Å². The van der Waals surface area contributed by atoms with Gasteiger partial charge in [0, 0.05) is 11.6 Å². The Bertz CT molecular complexity index is 942. The number of amides is 2. The van der Waals surface area contributed by atoms with Gasteiger partial charge in [-0.05, 0) is 35.9 Å². The summed E-state index contributed by atoms with van der Waals surface area (Å²) in [5.41, 5.74) is 2.00. The summed E-state index contributed by atoms with van der Waals surface area (Å²) in [6.45, 7) is 0.258. The number of pyridine rings is 1. The lowest BCUT2D eigenvalue weighted by Gasteiger charge is -2.09. The number of rotatable bonds is 8. The van der Waals surface area contributed by atoms with Crippen LogP contribution < -0.4 is 20.1 Å². The van der Waals surface area contributed by atoms with Gasteiger partial charge in [-0.15, -0.1) is 0 Å². The molecule has 0 bridgehead atoms. The lowest BCUT2D eigenvalue weighted by Crippen LogP contribution is -2.32. The summed E-state index contributed by atoms with van der Waals surface area (Å²) in [6, 6.07) is 19.8. The Morgan fingerprint density at radius 2 is 1.72 bits per heavy atom. The number of methoxy groups -OCH3 is 1. The molecular weight excluding hydrogens is 370 g/mol. The van der Waals surface area contributed by atoms with Crippen LogP contribution in [0.1, 0.15) is 15.9 Å². The molecule has 2 N–H and O–H groups in total. The topological polar surface area (TPSA) is 89.5 Å². The van der Waals surface area contributed by atoms with E-state index in [9.17, 15) is 9.59 Å². The molecular formula is C22H21N3O4. The van der Waals surface area contributed by atoms with E-state index in [1.165, 1.54) is 6.20 Å². The van der Waals surface area contributed by atoms with E-state index in [4.69, 9.17) is 9.47 Å². The van der Waals surface area contributed by atoms with Crippen molar-refractivity contribution in [1.82, 2.24) is 10.3 Å². The van der Waals surface area contributed by atoms with Gasteiger partial charge in [-0.1, -0.05) is 30.3 Å². The minimum atomic E-state index is -0.355. The predicted molar refractivity (Wildman–Crippen MR) is 109 cm³/mol. The number of ether oxygens (including phenoxy) is 2. The summed E-state index contributed by atoms with van der Waals surface area (Å²) >= 11 is 0. The molecule has 1 aromatic heterocycles. The first-order valence-electron chi connectivity index (χ1n) is 8.99. The maximum absolute atomic E-state index is 12.1. The van der Waals surface area contributed by atoms with Gasteiger partial charge >= 0.3 is 0 Å². The molecule has 7 heteroatoms. The van der Waals surface area contributed by atoms with E-state index in [0.717, 1.165) is 5.56 Å². The average molecular weight is 391 g/mol. The van der Waals surface area contributed by atoms with Crippen LogP contribution in [0.25, 0.3) is 0 Å². The van der Waals surface area contributed by atoms with Gasteiger partial charge in [0.25, 0.3) is 5.91 Å². The van der Waals surface area contributed by atoms with Crippen molar-refractivity contribution in [3.63, 3.8) is 0 Å². The lowest BCUT2D eigenvalue weighted by atomic mass is 10.2. The number of hydrogen-bond donors (Lipinski definition) is 2. The second-order valence-corrected chi connectivity index (χ2v) is 6.12. The Labute approximate surface area is 168 Å². The van der Waals surface area contributed by atoms with Crippen LogP contribution >= 0.6 is 0 Å². The van der Waals surface area contributed by atoms with E-state index < -0.39 is 0 Å². The summed E-state index contributed by atoms with van der Waals surface area (Å²) in [7, 11) is 1.55. The minimum Gasteiger partial charge on any atom is -0.497 e. The average Bonchev–Trinajstić information content (AvgIpc) is 2.78. The van der Waals surface area contributed by atoms with Crippen LogP contribution in [-0.4, -0.2) is 30.5 Å². The van der Waals surface area contributed by atoms with E-state index in [0.29, 0.717) is 29.5 Å². The van der Waals surface area contributed by atoms with Gasteiger partial charge in [0.2, 0.25) is 11.8 Å². The van der Waals surface area contributed by atoms with Crippen molar-refractivity contribution in [2.24, 2.45) is 0 Å². The van der Waals surface area contributed by atoms with Crippen molar-refractivity contribution in [2.45, 2.75) is 6.61 Å². The Balaban J connectivity index is 1.44. The maximum Gasteiger partial charge on any atom is 0.251 e. The number of nitrogens with zero attached hydrogens (tertiary/aromatic N) is 1. The third-order valence-corrected chi connectivity index (χ3v) is 4.01. The van der Waals surface area contributed by atoms with Crippen molar-refractivity contribution < 1.29 is 19.1 Å². The first kappa shape index (κ1) is 19.9. The molecule has 0 aliphatic heterocycles. The van der Waals surface area contributed by atoms with Crippen LogP contribution in [0.3, 0.4) is 0 Å². The van der Waals surface area contributed by atoms with Gasteiger partial charge in [-0.2, -0.15) is 0 Å². The molecule has 0 aliphatic carbocycles. The van der Waals surface area contributed by atoms with Gasteiger partial charge in [0.05, 0.1) is 25.5 Å². The Morgan fingerprint density at radius 3 is 2.38 bits per heavy atom. The zero-order chi connectivity index (χ0) is 20.5. The molecule has 1 heterocycles. The second kappa shape index (κ2) is 9.89. The fourth-order valence-corrected chi connectivity index (χ4v) is 2.48. The number of nitrogens with one attached hydrogen (secondary N) is 2. The number of benzene rings is 2. The van der Waals surface area contributed by atoms with Gasteiger partial charge in [-0.25, -0.2) is 4.98 Å². The summed E-state index contributed by atoms with van der Waals surface area (Å²) in [5.74, 6) is 0.417. The van der Waals surface area contributed by atoms with Crippen molar-refractivity contribution in [2.75, 3.05) is 19.0 Å². The fourth-order valence-electron chi connectivity index (χ4n) is 2.48. The van der Waals surface area contributed by atoms with Crippen LogP contribution in [0, 0.1) is 0 Å². The summed E-state index contributed by atoms with van der Waals surface area (Å²) in [5, 5.41) is 5.25. The zero-order valence-corrected chi connectivity index (χ0v) is 15.9. The molecule has 0 fully saturated rings. The van der Waals surface area contributed by atoms with E-state index in [2.05, 4.69) is 15.6 Å². The highest BCUT2D eigenvalue weighted by Gasteiger charge is 2.09. The molecule has 7 nitrogen and oxygen atoms in total. The van der Waals surface area contributed by atoms with Gasteiger partial charge in [-0.3, -0.25) is 9.59 Å². The van der Waals surface area contributed by atoms with Crippen LogP contribution in [-0.2, 0) is 11.4 Å². The monoisotopic (exact) mass is 391 g/mol. The standard InChI is InChI=1S/C22H21N3O4/c1-28-19-10-7-17(8-11-19)22(27)24-14-20(26)25-18-9-12-21(23-13-18)29-15-16-5-3-2-4-6-16/h2-13H,14-15H2,1H3,(H,24,27)(H,25,26). The van der Waals surface area contributed by atoms with E-state index >= 15 is 0 Å². The normalized spacial score (nSPS) is 10.1. The molecule has 148 valence electrons. The maximum atomic E-state index is 12.1. The van der Waals surface area contributed by atoms with Crippen molar-refractivity contribution in [3.8, 4) is 11.6 Å². The highest BCUT2D eigenvalue weighted by Crippen LogP contribution is 2.13. The van der Waals surface area contributed by atoms with Crippen LogP contribution in [0.2, 0.25) is 0 Å². The third kappa shape index (κ3) is 6.07. The lowest BCUT2D eigenvalue weighted by molar-refractivity contribution is -0.115. The van der Waals surface area contributed by atoms with E-state index in [1.54, 1.807) is 43.5 Å². The second-order valence-electron chi connectivity index (χ2n) is 6.12. The molecule has 2 aromatic carbocycles. The number of carbonyl (C=O) groups is 2. The highest BCUT2D eigenvalue weighted by molar-refractivity contribution is 5.99. The zero-order valence-electron chi connectivity index (χ0n) is 15.9. The number of anilines is 1. The Kier molecular flexibility index (Phi) is 6.78. The molecule has 2 amide bonds. The quantitative estimate of drug-likeness (QED) is 0.616. The number of carbonyl (C=O) groups excluding carboxylic acids is 2. The molecule has 0 atom stereocenters. The van der Waals surface area contributed by atoms with E-state index in [1.807, 2.05) is 30.3 Å². The summed E-state index contributed by atoms with van der Waals surface area (Å²) < 4.78 is 10.7. The number of aromatic nitrogens is 1. The van der Waals surface area contributed by atoms with Crippen molar-refractivity contribution in [3.05, 3.63) is 84.1 Å². The first-order valence-corrected chi connectivity index (χ1v) is 8.99. The molecule has 3 rings (SSSR count). The molecule has 0 aliphatic rings. The predicted octanol–water partition coefficient (Wildman–Crippen LogP) is 3.04. The summed E-state index contributed by atoms with van der Waals surface area (Å²) in [6.07, 6.45) is 1.50. The summed E-state index contributed by atoms with van der Waals surface area (Å²) in [4.78, 5) is 28.3. The Hall–Kier alpha value is -3.87. The molecule has 0 saturated carbocycles. The van der Waals surface area contributed by atoms with Gasteiger partial charge in [0.15, 0.2) is 0 Å². The largest absolute Gasteiger partial charge is 0.497 e. The van der Waals surface area contributed by atoms with E-state index in [-0.39, 0.29) is 18.4 Å². The molecule has 0 unspecified atom stereocenters. The SMILES string of the molecule is COc1ccc(C(=O)NCC(=O)Nc2ccc(OCc3ccccc3)nc2)cc1. The van der Waals surface area contributed by atoms with Gasteiger partial charge in [0.1, 0.15) is 12.4 Å². The molecule has 3 aromatic rings. The molecule has 0 radical (unpaired) electrons.